The van der Waals surface area contributed by atoms with Crippen molar-refractivity contribution in [2.75, 3.05) is 19.7 Å². The maximum atomic E-state index is 9.83. The Labute approximate surface area is 145 Å². The van der Waals surface area contributed by atoms with Crippen LogP contribution in [-0.2, 0) is 13.1 Å². The lowest BCUT2D eigenvalue weighted by molar-refractivity contribution is 0.0916. The maximum absolute atomic E-state index is 9.83. The molecule has 5 heteroatoms. The number of hydrogen-bond acceptors (Lipinski definition) is 4. The molecule has 0 saturated heterocycles. The van der Waals surface area contributed by atoms with E-state index in [9.17, 15) is 5.11 Å². The summed E-state index contributed by atoms with van der Waals surface area (Å²) in [5, 5.41) is 23.5. The molecule has 0 fully saturated rings. The lowest BCUT2D eigenvalue weighted by Gasteiger charge is -2.37. The Balaban J connectivity index is 1.77. The van der Waals surface area contributed by atoms with E-state index in [-0.39, 0.29) is 6.61 Å². The van der Waals surface area contributed by atoms with E-state index in [2.05, 4.69) is 30.8 Å². The molecule has 0 aromatic carbocycles. The zero-order chi connectivity index (χ0) is 17.3. The monoisotopic (exact) mass is 333 g/mol. The lowest BCUT2D eigenvalue weighted by atomic mass is 9.72. The molecule has 2 heterocycles. The van der Waals surface area contributed by atoms with Crippen molar-refractivity contribution < 1.29 is 10.2 Å². The number of fused-ring (bicyclic) bond motifs is 1. The van der Waals surface area contributed by atoms with Crippen molar-refractivity contribution in [1.82, 2.24) is 14.7 Å². The van der Waals surface area contributed by atoms with Gasteiger partial charge in [0.05, 0.1) is 18.0 Å². The minimum Gasteiger partial charge on any atom is -0.393 e. The Kier molecular flexibility index (Phi) is 5.13. The summed E-state index contributed by atoms with van der Waals surface area (Å²) >= 11 is 0. The highest BCUT2D eigenvalue weighted by Gasteiger charge is 2.30. The standard InChI is InChI=1S/C19H31N3O2/c1-14-6-4-7-19(2,3)16(14)12-21-8-5-9-22-15(11-21)10-17(20-22)18(24)13-23/h10,18,23-24H,4-9,11-13H2,1-3H3/t18-/m0/s1. The van der Waals surface area contributed by atoms with Gasteiger partial charge in [-0.05, 0) is 44.1 Å². The zero-order valence-electron chi connectivity index (χ0n) is 15.3. The molecule has 0 bridgehead atoms. The molecule has 0 saturated carbocycles. The summed E-state index contributed by atoms with van der Waals surface area (Å²) in [5.74, 6) is 0. The van der Waals surface area contributed by atoms with Crippen LogP contribution in [0.15, 0.2) is 17.2 Å². The highest BCUT2D eigenvalue weighted by molar-refractivity contribution is 5.24. The minimum atomic E-state index is -0.875. The second-order valence-electron chi connectivity index (χ2n) is 8.04. The predicted molar refractivity (Wildman–Crippen MR) is 94.5 cm³/mol. The van der Waals surface area contributed by atoms with Gasteiger partial charge >= 0.3 is 0 Å². The van der Waals surface area contributed by atoms with Crippen molar-refractivity contribution >= 4 is 0 Å². The van der Waals surface area contributed by atoms with Crippen LogP contribution in [0.25, 0.3) is 0 Å². The number of nitrogens with zero attached hydrogens (tertiary/aromatic N) is 3. The number of rotatable bonds is 4. The normalized spacial score (nSPS) is 23.0. The van der Waals surface area contributed by atoms with Gasteiger partial charge in [0.1, 0.15) is 6.10 Å². The van der Waals surface area contributed by atoms with E-state index in [1.165, 1.54) is 19.3 Å². The third-order valence-electron chi connectivity index (χ3n) is 5.69. The van der Waals surface area contributed by atoms with Gasteiger partial charge in [-0.1, -0.05) is 25.0 Å². The molecule has 2 aliphatic rings. The van der Waals surface area contributed by atoms with Crippen LogP contribution in [0.3, 0.4) is 0 Å². The van der Waals surface area contributed by atoms with Crippen molar-refractivity contribution in [2.45, 2.75) is 65.6 Å². The largest absolute Gasteiger partial charge is 0.393 e. The molecule has 1 aliphatic carbocycles. The van der Waals surface area contributed by atoms with Crippen LogP contribution in [0.1, 0.15) is 63.9 Å². The summed E-state index contributed by atoms with van der Waals surface area (Å²) in [6, 6.07) is 1.95. The summed E-state index contributed by atoms with van der Waals surface area (Å²) in [6.45, 7) is 10.6. The van der Waals surface area contributed by atoms with Crippen LogP contribution < -0.4 is 0 Å². The SMILES string of the molecule is CC1=C(CN2CCCn3nc([C@@H](O)CO)cc3C2)C(C)(C)CCC1. The highest BCUT2D eigenvalue weighted by atomic mass is 16.3. The molecule has 1 atom stereocenters. The van der Waals surface area contributed by atoms with E-state index >= 15 is 0 Å². The van der Waals surface area contributed by atoms with Crippen molar-refractivity contribution in [3.05, 3.63) is 28.6 Å². The fraction of sp³-hybridized carbons (Fsp3) is 0.737. The second kappa shape index (κ2) is 6.98. The van der Waals surface area contributed by atoms with Crippen LogP contribution in [0.5, 0.6) is 0 Å². The first-order valence-electron chi connectivity index (χ1n) is 9.18. The molecule has 3 rings (SSSR count). The molecule has 2 N–H and O–H groups in total. The maximum Gasteiger partial charge on any atom is 0.121 e. The quantitative estimate of drug-likeness (QED) is 0.832. The number of hydrogen-bond donors (Lipinski definition) is 2. The van der Waals surface area contributed by atoms with Crippen LogP contribution in [0.4, 0.5) is 0 Å². The Bertz CT molecular complexity index is 618. The van der Waals surface area contributed by atoms with Crippen LogP contribution >= 0.6 is 0 Å². The zero-order valence-corrected chi connectivity index (χ0v) is 15.3. The minimum absolute atomic E-state index is 0.277. The highest BCUT2D eigenvalue weighted by Crippen LogP contribution is 2.40. The molecular formula is C19H31N3O2. The molecule has 1 aliphatic heterocycles. The summed E-state index contributed by atoms with van der Waals surface area (Å²) in [6.07, 6.45) is 4.00. The van der Waals surface area contributed by atoms with E-state index in [0.29, 0.717) is 11.1 Å². The average molecular weight is 333 g/mol. The van der Waals surface area contributed by atoms with Gasteiger partial charge in [-0.2, -0.15) is 5.10 Å². The third-order valence-corrected chi connectivity index (χ3v) is 5.69. The first-order valence-corrected chi connectivity index (χ1v) is 9.18. The summed E-state index contributed by atoms with van der Waals surface area (Å²) in [5.41, 5.74) is 5.20. The van der Waals surface area contributed by atoms with E-state index in [0.717, 1.165) is 38.3 Å². The molecule has 5 nitrogen and oxygen atoms in total. The lowest BCUT2D eigenvalue weighted by Crippen LogP contribution is -2.32. The van der Waals surface area contributed by atoms with Gasteiger partial charge in [-0.3, -0.25) is 9.58 Å². The molecule has 0 radical (unpaired) electrons. The van der Waals surface area contributed by atoms with Gasteiger partial charge in [-0.15, -0.1) is 0 Å². The van der Waals surface area contributed by atoms with Gasteiger partial charge in [0.15, 0.2) is 0 Å². The average Bonchev–Trinajstić information content (AvgIpc) is 2.83. The molecule has 134 valence electrons. The summed E-state index contributed by atoms with van der Waals surface area (Å²) in [4.78, 5) is 2.52. The summed E-state index contributed by atoms with van der Waals surface area (Å²) < 4.78 is 2.00. The van der Waals surface area contributed by atoms with Gasteiger partial charge in [0, 0.05) is 26.2 Å². The van der Waals surface area contributed by atoms with Crippen LogP contribution in [-0.4, -0.2) is 44.6 Å². The number of aliphatic hydroxyl groups excluding tert-OH is 2. The van der Waals surface area contributed by atoms with Gasteiger partial charge in [-0.25, -0.2) is 0 Å². The number of aliphatic hydroxyl groups is 2. The van der Waals surface area contributed by atoms with Crippen molar-refractivity contribution in [1.29, 1.82) is 0 Å². The van der Waals surface area contributed by atoms with Crippen LogP contribution in [0, 0.1) is 5.41 Å². The predicted octanol–water partition coefficient (Wildman–Crippen LogP) is 2.64. The van der Waals surface area contributed by atoms with E-state index in [1.54, 1.807) is 11.1 Å². The topological polar surface area (TPSA) is 61.5 Å². The first-order chi connectivity index (χ1) is 11.4. The number of aromatic nitrogens is 2. The first kappa shape index (κ1) is 17.6. The van der Waals surface area contributed by atoms with Crippen LogP contribution in [0.2, 0.25) is 0 Å². The van der Waals surface area contributed by atoms with E-state index < -0.39 is 6.10 Å². The van der Waals surface area contributed by atoms with E-state index in [1.807, 2.05) is 10.7 Å². The molecule has 0 unspecified atom stereocenters. The molecule has 0 spiro atoms. The molecular weight excluding hydrogens is 302 g/mol. The van der Waals surface area contributed by atoms with E-state index in [4.69, 9.17) is 5.11 Å². The Morgan fingerprint density at radius 1 is 1.29 bits per heavy atom. The van der Waals surface area contributed by atoms with Crippen molar-refractivity contribution in [2.24, 2.45) is 5.41 Å². The molecule has 1 aromatic heterocycles. The van der Waals surface area contributed by atoms with Crippen molar-refractivity contribution in [3.63, 3.8) is 0 Å². The summed E-state index contributed by atoms with van der Waals surface area (Å²) in [7, 11) is 0. The van der Waals surface area contributed by atoms with Crippen molar-refractivity contribution in [3.8, 4) is 0 Å². The molecule has 1 aromatic rings. The number of aryl methyl sites for hydroxylation is 1. The Morgan fingerprint density at radius 3 is 2.79 bits per heavy atom. The third kappa shape index (κ3) is 3.58. The smallest absolute Gasteiger partial charge is 0.121 e. The second-order valence-corrected chi connectivity index (χ2v) is 8.04. The fourth-order valence-electron chi connectivity index (χ4n) is 4.19. The van der Waals surface area contributed by atoms with Gasteiger partial charge in [0.2, 0.25) is 0 Å². The molecule has 24 heavy (non-hydrogen) atoms. The fourth-order valence-corrected chi connectivity index (χ4v) is 4.19. The van der Waals surface area contributed by atoms with Gasteiger partial charge < -0.3 is 10.2 Å². The Hall–Kier alpha value is -1.17. The van der Waals surface area contributed by atoms with Gasteiger partial charge in [0.25, 0.3) is 0 Å². The molecule has 0 amide bonds. The Morgan fingerprint density at radius 2 is 2.08 bits per heavy atom. The number of allylic oxidation sites excluding steroid dienone is 1.